The molecule has 1 saturated heterocycles. The van der Waals surface area contributed by atoms with Gasteiger partial charge in [-0.15, -0.1) is 11.3 Å². The molecule has 1 amide bonds. The molecule has 2 aliphatic rings. The highest BCUT2D eigenvalue weighted by Gasteiger charge is 2.30. The molecule has 9 nitrogen and oxygen atoms in total. The van der Waals surface area contributed by atoms with E-state index in [1.54, 1.807) is 35.5 Å². The number of anilines is 1. The van der Waals surface area contributed by atoms with Crippen molar-refractivity contribution in [2.24, 2.45) is 4.99 Å². The van der Waals surface area contributed by atoms with Crippen LogP contribution in [0.15, 0.2) is 51.0 Å². The van der Waals surface area contributed by atoms with Gasteiger partial charge < -0.3 is 9.88 Å². The van der Waals surface area contributed by atoms with Crippen LogP contribution in [0.5, 0.6) is 0 Å². The van der Waals surface area contributed by atoms with Gasteiger partial charge in [0.05, 0.1) is 34.9 Å². The van der Waals surface area contributed by atoms with Crippen molar-refractivity contribution in [3.63, 3.8) is 0 Å². The number of aromatic amines is 1. The van der Waals surface area contributed by atoms with E-state index in [9.17, 15) is 21.6 Å². The summed E-state index contributed by atoms with van der Waals surface area (Å²) in [6.07, 6.45) is 0.297. The van der Waals surface area contributed by atoms with E-state index in [-0.39, 0.29) is 40.0 Å². The van der Waals surface area contributed by atoms with Crippen LogP contribution < -0.4 is 4.31 Å². The number of sulfonamides is 1. The Kier molecular flexibility index (Phi) is 6.45. The van der Waals surface area contributed by atoms with Crippen molar-refractivity contribution in [1.82, 2.24) is 9.88 Å². The number of sulfone groups is 1. The average molecular weight is 553 g/mol. The van der Waals surface area contributed by atoms with Crippen molar-refractivity contribution >= 4 is 70.5 Å². The Balaban J connectivity index is 1.30. The lowest BCUT2D eigenvalue weighted by atomic mass is 10.2. The van der Waals surface area contributed by atoms with Gasteiger partial charge in [-0.3, -0.25) is 14.1 Å². The number of aliphatic imine (C=N–C) groups is 1. The fourth-order valence-electron chi connectivity index (χ4n) is 4.15. The lowest BCUT2D eigenvalue weighted by Gasteiger charge is -2.27. The molecule has 35 heavy (non-hydrogen) atoms. The molecule has 5 rings (SSSR count). The van der Waals surface area contributed by atoms with Crippen LogP contribution in [0.4, 0.5) is 5.69 Å². The SMILES string of the molecule is CN(c1cccc2cc(C3=NCC(CC(=O)N4CCS(=O)(=O)CC4)S3)[nH]c12)S(=O)(=O)c1cccs1. The van der Waals surface area contributed by atoms with Crippen molar-refractivity contribution in [2.45, 2.75) is 15.9 Å². The maximum absolute atomic E-state index is 13.0. The number of nitrogens with zero attached hydrogens (tertiary/aromatic N) is 3. The smallest absolute Gasteiger partial charge is 0.273 e. The number of para-hydroxylation sites is 1. The maximum atomic E-state index is 13.0. The number of thioether (sulfide) groups is 1. The molecular formula is C22H24N4O5S4. The lowest BCUT2D eigenvalue weighted by Crippen LogP contribution is -2.44. The zero-order valence-corrected chi connectivity index (χ0v) is 22.1. The summed E-state index contributed by atoms with van der Waals surface area (Å²) in [5, 5.41) is 3.35. The largest absolute Gasteiger partial charge is 0.351 e. The van der Waals surface area contributed by atoms with Crippen molar-refractivity contribution in [3.8, 4) is 0 Å². The van der Waals surface area contributed by atoms with Gasteiger partial charge >= 0.3 is 0 Å². The molecule has 1 aromatic carbocycles. The van der Waals surface area contributed by atoms with E-state index in [2.05, 4.69) is 9.98 Å². The zero-order valence-electron chi connectivity index (χ0n) is 18.9. The molecule has 13 heteroatoms. The Hall–Kier alpha value is -2.35. The number of aromatic nitrogens is 1. The minimum absolute atomic E-state index is 0.0202. The standard InChI is InChI=1S/C22H24N4O5S4/c1-25(35(30,31)20-6-3-9-32-20)18-5-2-4-15-12-17(24-21(15)18)22-23-14-16(33-22)13-19(27)26-7-10-34(28,29)11-8-26/h2-6,9,12,16,24H,7-8,10-11,13-14H2,1H3. The first kappa shape index (κ1) is 24.3. The Morgan fingerprint density at radius 2 is 2.00 bits per heavy atom. The number of rotatable bonds is 6. The number of nitrogens with one attached hydrogen (secondary N) is 1. The lowest BCUT2D eigenvalue weighted by molar-refractivity contribution is -0.130. The molecule has 186 valence electrons. The summed E-state index contributed by atoms with van der Waals surface area (Å²) < 4.78 is 50.9. The van der Waals surface area contributed by atoms with Crippen molar-refractivity contribution < 1.29 is 21.6 Å². The Labute approximate surface area is 212 Å². The van der Waals surface area contributed by atoms with Gasteiger partial charge in [0, 0.05) is 37.2 Å². The number of carbonyl (C=O) groups is 1. The summed E-state index contributed by atoms with van der Waals surface area (Å²) in [6, 6.07) is 10.7. The van der Waals surface area contributed by atoms with E-state index in [1.807, 2.05) is 18.2 Å². The van der Waals surface area contributed by atoms with Crippen LogP contribution in [0.2, 0.25) is 0 Å². The van der Waals surface area contributed by atoms with Crippen LogP contribution in [-0.4, -0.2) is 81.1 Å². The van der Waals surface area contributed by atoms with Gasteiger partial charge in [0.15, 0.2) is 9.84 Å². The molecule has 0 spiro atoms. The summed E-state index contributed by atoms with van der Waals surface area (Å²) in [4.78, 5) is 22.2. The van der Waals surface area contributed by atoms with Gasteiger partial charge in [-0.25, -0.2) is 16.8 Å². The Morgan fingerprint density at radius 3 is 2.71 bits per heavy atom. The Morgan fingerprint density at radius 1 is 1.23 bits per heavy atom. The van der Waals surface area contributed by atoms with E-state index >= 15 is 0 Å². The zero-order chi connectivity index (χ0) is 24.8. The highest BCUT2D eigenvalue weighted by molar-refractivity contribution is 8.15. The molecule has 2 aromatic heterocycles. The predicted molar refractivity (Wildman–Crippen MR) is 141 cm³/mol. The molecule has 1 N–H and O–H groups in total. The first-order chi connectivity index (χ1) is 16.6. The number of hydrogen-bond acceptors (Lipinski definition) is 8. The molecule has 0 aliphatic carbocycles. The van der Waals surface area contributed by atoms with Crippen LogP contribution in [-0.2, 0) is 24.7 Å². The van der Waals surface area contributed by atoms with Gasteiger partial charge in [-0.2, -0.15) is 0 Å². The third kappa shape index (κ3) is 4.86. The number of amides is 1. The molecule has 2 aliphatic heterocycles. The first-order valence-corrected chi connectivity index (χ1v) is 16.0. The molecule has 4 heterocycles. The number of benzene rings is 1. The molecule has 1 atom stereocenters. The van der Waals surface area contributed by atoms with Crippen molar-refractivity contribution in [1.29, 1.82) is 0 Å². The second-order valence-corrected chi connectivity index (χ2v) is 15.2. The molecule has 0 bridgehead atoms. The second-order valence-electron chi connectivity index (χ2n) is 8.45. The number of H-pyrrole nitrogens is 1. The maximum Gasteiger partial charge on any atom is 0.273 e. The molecule has 1 fully saturated rings. The fourth-order valence-corrected chi connectivity index (χ4v) is 8.80. The van der Waals surface area contributed by atoms with Gasteiger partial charge in [-0.05, 0) is 23.6 Å². The summed E-state index contributed by atoms with van der Waals surface area (Å²) in [5.41, 5.74) is 2.01. The summed E-state index contributed by atoms with van der Waals surface area (Å²) in [5.74, 6) is -0.00760. The Bertz CT molecular complexity index is 1500. The number of fused-ring (bicyclic) bond motifs is 1. The average Bonchev–Trinajstić information content (AvgIpc) is 3.58. The molecular weight excluding hydrogens is 529 g/mol. The molecule has 0 saturated carbocycles. The van der Waals surface area contributed by atoms with E-state index in [0.29, 0.717) is 24.2 Å². The van der Waals surface area contributed by atoms with E-state index in [1.165, 1.54) is 27.4 Å². The number of carbonyl (C=O) groups excluding carboxylic acids is 1. The summed E-state index contributed by atoms with van der Waals surface area (Å²) in [7, 11) is -5.16. The van der Waals surface area contributed by atoms with Crippen molar-refractivity contribution in [2.75, 3.05) is 42.5 Å². The van der Waals surface area contributed by atoms with E-state index in [4.69, 9.17) is 0 Å². The van der Waals surface area contributed by atoms with Gasteiger partial charge in [0.25, 0.3) is 10.0 Å². The quantitative estimate of drug-likeness (QED) is 0.502. The normalized spacial score (nSPS) is 20.2. The van der Waals surface area contributed by atoms with Gasteiger partial charge in [-0.1, -0.05) is 30.0 Å². The van der Waals surface area contributed by atoms with Crippen molar-refractivity contribution in [3.05, 3.63) is 47.5 Å². The minimum atomic E-state index is -3.67. The van der Waals surface area contributed by atoms with Crippen LogP contribution in [0, 0.1) is 0 Å². The molecule has 1 unspecified atom stereocenters. The fraction of sp³-hybridized carbons (Fsp3) is 0.364. The second kappa shape index (κ2) is 9.26. The van der Waals surface area contributed by atoms with Gasteiger partial charge in [0.2, 0.25) is 5.91 Å². The van der Waals surface area contributed by atoms with Gasteiger partial charge in [0.1, 0.15) is 9.25 Å². The summed E-state index contributed by atoms with van der Waals surface area (Å²) in [6.45, 7) is 0.991. The van der Waals surface area contributed by atoms with Crippen LogP contribution in [0.25, 0.3) is 10.9 Å². The van der Waals surface area contributed by atoms with E-state index < -0.39 is 19.9 Å². The number of thiophene rings is 1. The van der Waals surface area contributed by atoms with Crippen LogP contribution in [0.3, 0.4) is 0 Å². The van der Waals surface area contributed by atoms with Crippen LogP contribution in [0.1, 0.15) is 12.1 Å². The molecule has 0 radical (unpaired) electrons. The first-order valence-electron chi connectivity index (χ1n) is 11.0. The van der Waals surface area contributed by atoms with E-state index in [0.717, 1.165) is 16.1 Å². The number of hydrogen-bond donors (Lipinski definition) is 1. The highest BCUT2D eigenvalue weighted by atomic mass is 32.2. The molecule has 3 aromatic rings. The van der Waals surface area contributed by atoms with Crippen LogP contribution >= 0.6 is 23.1 Å². The monoisotopic (exact) mass is 552 g/mol. The third-order valence-corrected chi connectivity index (χ3v) is 12.1. The topological polar surface area (TPSA) is 120 Å². The highest BCUT2D eigenvalue weighted by Crippen LogP contribution is 2.34. The summed E-state index contributed by atoms with van der Waals surface area (Å²) >= 11 is 2.69. The predicted octanol–water partition coefficient (Wildman–Crippen LogP) is 2.56. The minimum Gasteiger partial charge on any atom is -0.351 e. The third-order valence-electron chi connectivity index (χ3n) is 6.13.